The molecule has 0 bridgehead atoms. The molecule has 158 valence electrons. The minimum Gasteiger partial charge on any atom is -0.335 e. The molecule has 0 radical (unpaired) electrons. The maximum atomic E-state index is 12.3. The molecule has 0 aliphatic rings. The summed E-state index contributed by atoms with van der Waals surface area (Å²) in [4.78, 5) is 12.3. The van der Waals surface area contributed by atoms with E-state index >= 15 is 0 Å². The van der Waals surface area contributed by atoms with Crippen LogP contribution >= 0.6 is 23.4 Å². The Morgan fingerprint density at radius 3 is 2.74 bits per heavy atom. The van der Waals surface area contributed by atoms with Crippen LogP contribution in [-0.2, 0) is 4.79 Å². The summed E-state index contributed by atoms with van der Waals surface area (Å²) >= 11 is 7.29. The van der Waals surface area contributed by atoms with Gasteiger partial charge in [0.2, 0.25) is 16.9 Å². The summed E-state index contributed by atoms with van der Waals surface area (Å²) in [5.41, 5.74) is 5.07. The number of carbonyl (C=O) groups is 1. The van der Waals surface area contributed by atoms with Crippen molar-refractivity contribution in [1.29, 1.82) is 0 Å². The third-order valence-electron chi connectivity index (χ3n) is 4.70. The van der Waals surface area contributed by atoms with E-state index in [1.165, 1.54) is 22.0 Å². The van der Waals surface area contributed by atoms with E-state index < -0.39 is 0 Å². The molecule has 0 fully saturated rings. The van der Waals surface area contributed by atoms with Gasteiger partial charge >= 0.3 is 0 Å². The maximum Gasteiger partial charge on any atom is 0.234 e. The van der Waals surface area contributed by atoms with Crippen LogP contribution in [0.2, 0.25) is 5.02 Å². The predicted molar refractivity (Wildman–Crippen MR) is 123 cm³/mol. The second kappa shape index (κ2) is 8.83. The van der Waals surface area contributed by atoms with Gasteiger partial charge in [-0.05, 0) is 37.6 Å². The molecule has 4 rings (SSSR count). The average molecular weight is 454 g/mol. The Morgan fingerprint density at radius 1 is 1.19 bits per heavy atom. The number of carbonyl (C=O) groups excluding carboxylic acids is 1. The normalized spacial score (nSPS) is 10.9. The molecule has 1 amide bonds. The SMILES string of the molecule is Cc1ccc(-c2cc(-c3nnc(SCC(=O)Nc4cccc(Cl)c4C)n3N)[nH]n2)cc1. The van der Waals surface area contributed by atoms with Gasteiger partial charge in [0.05, 0.1) is 11.4 Å². The molecule has 0 aliphatic heterocycles. The lowest BCUT2D eigenvalue weighted by atomic mass is 10.1. The summed E-state index contributed by atoms with van der Waals surface area (Å²) in [6.07, 6.45) is 0. The number of aryl methyl sites for hydroxylation is 1. The van der Waals surface area contributed by atoms with Gasteiger partial charge in [-0.25, -0.2) is 4.68 Å². The van der Waals surface area contributed by atoms with Crippen LogP contribution in [0.1, 0.15) is 11.1 Å². The zero-order valence-electron chi connectivity index (χ0n) is 16.9. The van der Waals surface area contributed by atoms with Crippen LogP contribution in [0.15, 0.2) is 53.7 Å². The average Bonchev–Trinajstić information content (AvgIpc) is 3.37. The number of nitrogens with two attached hydrogens (primary N) is 1. The molecular weight excluding hydrogens is 434 g/mol. The van der Waals surface area contributed by atoms with E-state index in [4.69, 9.17) is 17.4 Å². The first kappa shape index (κ1) is 21.0. The van der Waals surface area contributed by atoms with Crippen LogP contribution in [0.4, 0.5) is 5.69 Å². The van der Waals surface area contributed by atoms with Crippen LogP contribution in [0.3, 0.4) is 0 Å². The summed E-state index contributed by atoms with van der Waals surface area (Å²) in [5, 5.41) is 19.4. The van der Waals surface area contributed by atoms with E-state index in [9.17, 15) is 4.79 Å². The molecule has 8 nitrogen and oxygen atoms in total. The molecule has 0 spiro atoms. The number of aromatic amines is 1. The fourth-order valence-corrected chi connectivity index (χ4v) is 3.76. The monoisotopic (exact) mass is 453 g/mol. The molecule has 0 aliphatic carbocycles. The molecule has 2 heterocycles. The van der Waals surface area contributed by atoms with E-state index in [1.807, 2.05) is 44.2 Å². The number of halogens is 1. The molecule has 0 saturated heterocycles. The second-order valence-electron chi connectivity index (χ2n) is 6.96. The molecular formula is C21H20ClN7OS. The van der Waals surface area contributed by atoms with Gasteiger partial charge in [-0.3, -0.25) is 9.89 Å². The van der Waals surface area contributed by atoms with Crippen molar-refractivity contribution in [2.75, 3.05) is 16.9 Å². The minimum atomic E-state index is -0.192. The summed E-state index contributed by atoms with van der Waals surface area (Å²) < 4.78 is 1.34. The van der Waals surface area contributed by atoms with Crippen LogP contribution in [0, 0.1) is 13.8 Å². The minimum absolute atomic E-state index is 0.124. The first-order chi connectivity index (χ1) is 14.9. The van der Waals surface area contributed by atoms with Crippen LogP contribution in [-0.4, -0.2) is 36.7 Å². The molecule has 31 heavy (non-hydrogen) atoms. The standard InChI is InChI=1S/C21H20ClN7OS/c1-12-6-8-14(9-7-12)17-10-18(26-25-17)20-27-28-21(29(20)23)31-11-19(30)24-16-5-3-4-15(22)13(16)2/h3-10H,11,23H2,1-2H3,(H,24,30)(H,25,26). The van der Waals surface area contributed by atoms with Gasteiger partial charge in [-0.2, -0.15) is 5.10 Å². The molecule has 0 saturated carbocycles. The number of hydrogen-bond donors (Lipinski definition) is 3. The van der Waals surface area contributed by atoms with Crippen molar-refractivity contribution >= 4 is 35.0 Å². The molecule has 0 atom stereocenters. The van der Waals surface area contributed by atoms with Crippen molar-refractivity contribution in [3.8, 4) is 22.8 Å². The van der Waals surface area contributed by atoms with Gasteiger partial charge in [0.1, 0.15) is 5.69 Å². The smallest absolute Gasteiger partial charge is 0.234 e. The Morgan fingerprint density at radius 2 is 1.97 bits per heavy atom. The summed E-state index contributed by atoms with van der Waals surface area (Å²) in [6.45, 7) is 3.88. The molecule has 4 aromatic rings. The third-order valence-corrected chi connectivity index (χ3v) is 6.06. The number of anilines is 1. The summed E-state index contributed by atoms with van der Waals surface area (Å²) in [6, 6.07) is 15.3. The quantitative estimate of drug-likeness (QED) is 0.299. The first-order valence-electron chi connectivity index (χ1n) is 9.43. The van der Waals surface area contributed by atoms with E-state index in [2.05, 4.69) is 25.7 Å². The number of benzene rings is 2. The van der Waals surface area contributed by atoms with Crippen LogP contribution < -0.4 is 11.2 Å². The Kier molecular flexibility index (Phi) is 5.97. The highest BCUT2D eigenvalue weighted by Crippen LogP contribution is 2.26. The van der Waals surface area contributed by atoms with Crippen molar-refractivity contribution in [3.63, 3.8) is 0 Å². The fourth-order valence-electron chi connectivity index (χ4n) is 2.93. The topological polar surface area (TPSA) is 115 Å². The predicted octanol–water partition coefficient (Wildman–Crippen LogP) is 4.05. The number of rotatable bonds is 6. The van der Waals surface area contributed by atoms with Gasteiger partial charge in [0.25, 0.3) is 0 Å². The number of H-pyrrole nitrogens is 1. The van der Waals surface area contributed by atoms with Crippen LogP contribution in [0.25, 0.3) is 22.8 Å². The van der Waals surface area contributed by atoms with Crippen molar-refractivity contribution in [2.45, 2.75) is 19.0 Å². The lowest BCUT2D eigenvalue weighted by Crippen LogP contribution is -2.17. The van der Waals surface area contributed by atoms with Crippen LogP contribution in [0.5, 0.6) is 0 Å². The Bertz CT molecular complexity index is 1230. The molecule has 2 aromatic heterocycles. The van der Waals surface area contributed by atoms with Crippen molar-refractivity contribution in [2.24, 2.45) is 0 Å². The number of hydrogen-bond acceptors (Lipinski definition) is 6. The summed E-state index contributed by atoms with van der Waals surface area (Å²) in [7, 11) is 0. The Balaban J connectivity index is 1.43. The lowest BCUT2D eigenvalue weighted by molar-refractivity contribution is -0.113. The zero-order chi connectivity index (χ0) is 22.0. The van der Waals surface area contributed by atoms with E-state index in [-0.39, 0.29) is 11.7 Å². The number of nitrogens with one attached hydrogen (secondary N) is 2. The highest BCUT2D eigenvalue weighted by Gasteiger charge is 2.17. The number of amides is 1. The van der Waals surface area contributed by atoms with Gasteiger partial charge in [0, 0.05) is 16.3 Å². The van der Waals surface area contributed by atoms with Gasteiger partial charge in [-0.15, -0.1) is 10.2 Å². The maximum absolute atomic E-state index is 12.3. The highest BCUT2D eigenvalue weighted by atomic mass is 35.5. The second-order valence-corrected chi connectivity index (χ2v) is 8.31. The van der Waals surface area contributed by atoms with E-state index in [1.54, 1.807) is 18.2 Å². The number of nitrogen functional groups attached to an aromatic ring is 1. The van der Waals surface area contributed by atoms with E-state index in [0.29, 0.717) is 27.4 Å². The first-order valence-corrected chi connectivity index (χ1v) is 10.8. The summed E-state index contributed by atoms with van der Waals surface area (Å²) in [5.74, 6) is 6.52. The largest absolute Gasteiger partial charge is 0.335 e. The van der Waals surface area contributed by atoms with Crippen molar-refractivity contribution < 1.29 is 4.79 Å². The molecule has 0 unspecified atom stereocenters. The lowest BCUT2D eigenvalue weighted by Gasteiger charge is -2.09. The van der Waals surface area contributed by atoms with E-state index in [0.717, 1.165) is 16.8 Å². The van der Waals surface area contributed by atoms with Gasteiger partial charge < -0.3 is 11.2 Å². The fraction of sp³-hybridized carbons (Fsp3) is 0.143. The number of thioether (sulfide) groups is 1. The molecule has 10 heteroatoms. The van der Waals surface area contributed by atoms with Gasteiger partial charge in [0.15, 0.2) is 0 Å². The third kappa shape index (κ3) is 4.57. The number of nitrogens with zero attached hydrogens (tertiary/aromatic N) is 4. The Hall–Kier alpha value is -3.30. The highest BCUT2D eigenvalue weighted by molar-refractivity contribution is 7.99. The zero-order valence-corrected chi connectivity index (χ0v) is 18.5. The van der Waals surface area contributed by atoms with Crippen molar-refractivity contribution in [3.05, 3.63) is 64.7 Å². The molecule has 2 aromatic carbocycles. The van der Waals surface area contributed by atoms with Crippen molar-refractivity contribution in [1.82, 2.24) is 25.1 Å². The Labute approximate surface area is 188 Å². The number of aromatic nitrogens is 5. The molecule has 4 N–H and O–H groups in total. The van der Waals surface area contributed by atoms with Gasteiger partial charge in [-0.1, -0.05) is 59.3 Å².